The number of nitrogens with zero attached hydrogens (tertiary/aromatic N) is 1. The predicted octanol–water partition coefficient (Wildman–Crippen LogP) is 1.82. The van der Waals surface area contributed by atoms with Crippen LogP contribution in [0.2, 0.25) is 0 Å². The lowest BCUT2D eigenvalue weighted by Crippen LogP contribution is -2.21. The highest BCUT2D eigenvalue weighted by Gasteiger charge is 2.10. The number of phenols is 1. The topological polar surface area (TPSA) is 40.5 Å². The summed E-state index contributed by atoms with van der Waals surface area (Å²) in [4.78, 5) is 13.8. The van der Waals surface area contributed by atoms with E-state index in [1.165, 1.54) is 16.7 Å². The first-order chi connectivity index (χ1) is 6.56. The minimum atomic E-state index is -0.0553. The van der Waals surface area contributed by atoms with Crippen molar-refractivity contribution in [1.29, 1.82) is 0 Å². The van der Waals surface area contributed by atoms with Gasteiger partial charge in [-0.3, -0.25) is 4.79 Å². The van der Waals surface area contributed by atoms with Gasteiger partial charge in [0.15, 0.2) is 0 Å². The summed E-state index contributed by atoms with van der Waals surface area (Å²) >= 11 is 1.42. The fourth-order valence-electron chi connectivity index (χ4n) is 1.07. The first-order valence-electron chi connectivity index (χ1n) is 4.15. The number of amides is 1. The number of rotatable bonds is 2. The van der Waals surface area contributed by atoms with Gasteiger partial charge in [-0.25, -0.2) is 0 Å². The Balaban J connectivity index is 3.06. The molecule has 76 valence electrons. The van der Waals surface area contributed by atoms with E-state index in [4.69, 9.17) is 0 Å². The third-order valence-corrected chi connectivity index (χ3v) is 2.60. The maximum atomic E-state index is 11.6. The van der Waals surface area contributed by atoms with E-state index in [-0.39, 0.29) is 11.7 Å². The summed E-state index contributed by atoms with van der Waals surface area (Å²) < 4.78 is 0. The Morgan fingerprint density at radius 2 is 2.07 bits per heavy atom. The molecule has 0 aromatic heterocycles. The molecule has 1 rings (SSSR count). The molecule has 0 saturated heterocycles. The molecule has 0 radical (unpaired) electrons. The molecule has 0 atom stereocenters. The van der Waals surface area contributed by atoms with E-state index in [1.807, 2.05) is 6.26 Å². The minimum Gasteiger partial charge on any atom is -0.507 e. The number of benzene rings is 1. The highest BCUT2D eigenvalue weighted by molar-refractivity contribution is 7.98. The van der Waals surface area contributed by atoms with Crippen LogP contribution in [0.15, 0.2) is 23.1 Å². The third-order valence-electron chi connectivity index (χ3n) is 1.83. The van der Waals surface area contributed by atoms with Gasteiger partial charge >= 0.3 is 0 Å². The summed E-state index contributed by atoms with van der Waals surface area (Å²) in [7, 11) is 3.40. The molecule has 14 heavy (non-hydrogen) atoms. The summed E-state index contributed by atoms with van der Waals surface area (Å²) in [6, 6.07) is 4.86. The van der Waals surface area contributed by atoms with E-state index in [2.05, 4.69) is 0 Å². The van der Waals surface area contributed by atoms with Crippen molar-refractivity contribution < 1.29 is 9.90 Å². The second-order valence-electron chi connectivity index (χ2n) is 3.09. The van der Waals surface area contributed by atoms with Crippen LogP contribution in [-0.2, 0) is 0 Å². The van der Waals surface area contributed by atoms with Crippen molar-refractivity contribution in [3.05, 3.63) is 23.8 Å². The van der Waals surface area contributed by atoms with Crippen LogP contribution >= 0.6 is 11.8 Å². The van der Waals surface area contributed by atoms with Crippen LogP contribution in [0.5, 0.6) is 5.75 Å². The molecule has 1 N–H and O–H groups in total. The predicted molar refractivity (Wildman–Crippen MR) is 57.9 cm³/mol. The van der Waals surface area contributed by atoms with Crippen molar-refractivity contribution >= 4 is 17.7 Å². The normalized spacial score (nSPS) is 9.93. The van der Waals surface area contributed by atoms with Crippen molar-refractivity contribution in [2.45, 2.75) is 4.90 Å². The molecule has 0 aliphatic carbocycles. The summed E-state index contributed by atoms with van der Waals surface area (Å²) in [6.07, 6.45) is 1.86. The van der Waals surface area contributed by atoms with Gasteiger partial charge < -0.3 is 10.0 Å². The van der Waals surface area contributed by atoms with Crippen LogP contribution < -0.4 is 0 Å². The fraction of sp³-hybridized carbons (Fsp3) is 0.300. The molecule has 4 heteroatoms. The van der Waals surface area contributed by atoms with Crippen molar-refractivity contribution in [1.82, 2.24) is 4.90 Å². The average Bonchev–Trinajstić information content (AvgIpc) is 2.17. The Hall–Kier alpha value is -1.16. The van der Waals surface area contributed by atoms with Crippen molar-refractivity contribution in [3.63, 3.8) is 0 Å². The molecule has 0 fully saturated rings. The van der Waals surface area contributed by atoms with E-state index in [0.717, 1.165) is 4.90 Å². The second kappa shape index (κ2) is 4.37. The Bertz CT molecular complexity index is 350. The summed E-state index contributed by atoms with van der Waals surface area (Å²) in [5.41, 5.74) is 0.595. The smallest absolute Gasteiger partial charge is 0.253 e. The lowest BCUT2D eigenvalue weighted by atomic mass is 10.2. The molecular formula is C10H13NO2S. The van der Waals surface area contributed by atoms with E-state index in [0.29, 0.717) is 5.56 Å². The molecule has 0 aliphatic heterocycles. The van der Waals surface area contributed by atoms with Crippen molar-refractivity contribution in [2.24, 2.45) is 0 Å². The van der Waals surface area contributed by atoms with E-state index < -0.39 is 0 Å². The molecule has 1 aromatic carbocycles. The van der Waals surface area contributed by atoms with Gasteiger partial charge in [-0.2, -0.15) is 0 Å². The Morgan fingerprint density at radius 1 is 1.43 bits per heavy atom. The van der Waals surface area contributed by atoms with E-state index >= 15 is 0 Å². The van der Waals surface area contributed by atoms with Crippen LogP contribution in [0.25, 0.3) is 0 Å². The van der Waals surface area contributed by atoms with Crippen LogP contribution in [0.3, 0.4) is 0 Å². The fourth-order valence-corrected chi connectivity index (χ4v) is 1.59. The molecule has 0 saturated carbocycles. The van der Waals surface area contributed by atoms with Crippen LogP contribution in [0, 0.1) is 0 Å². The van der Waals surface area contributed by atoms with Gasteiger partial charge in [-0.05, 0) is 24.5 Å². The number of hydrogen-bond donors (Lipinski definition) is 1. The van der Waals surface area contributed by atoms with E-state index in [9.17, 15) is 9.90 Å². The Labute approximate surface area is 87.7 Å². The highest BCUT2D eigenvalue weighted by Crippen LogP contribution is 2.27. The van der Waals surface area contributed by atoms with Gasteiger partial charge in [0.2, 0.25) is 0 Å². The zero-order valence-corrected chi connectivity index (χ0v) is 9.26. The molecule has 1 aromatic rings. The summed E-state index contributed by atoms with van der Waals surface area (Å²) in [5, 5.41) is 9.41. The van der Waals surface area contributed by atoms with Gasteiger partial charge in [0.05, 0.1) is 0 Å². The van der Waals surface area contributed by atoms with Gasteiger partial charge in [0, 0.05) is 24.6 Å². The van der Waals surface area contributed by atoms with Gasteiger partial charge in [0.25, 0.3) is 5.91 Å². The summed E-state index contributed by atoms with van der Waals surface area (Å²) in [5.74, 6) is 0.160. The number of aromatic hydroxyl groups is 1. The zero-order valence-electron chi connectivity index (χ0n) is 8.44. The minimum absolute atomic E-state index is 0.0553. The quantitative estimate of drug-likeness (QED) is 0.758. The molecule has 0 aliphatic rings. The molecule has 0 unspecified atom stereocenters. The lowest BCUT2D eigenvalue weighted by molar-refractivity contribution is 0.0827. The molecule has 0 spiro atoms. The Morgan fingerprint density at radius 3 is 2.57 bits per heavy atom. The number of carbonyl (C=O) groups is 1. The second-order valence-corrected chi connectivity index (χ2v) is 3.93. The Kier molecular flexibility index (Phi) is 3.41. The largest absolute Gasteiger partial charge is 0.507 e. The monoisotopic (exact) mass is 211 g/mol. The number of carbonyl (C=O) groups excluding carboxylic acids is 1. The maximum Gasteiger partial charge on any atom is 0.253 e. The molecule has 0 bridgehead atoms. The molecule has 3 nitrogen and oxygen atoms in total. The summed E-state index contributed by atoms with van der Waals surface area (Å²) in [6.45, 7) is 0. The van der Waals surface area contributed by atoms with E-state index in [1.54, 1.807) is 32.3 Å². The third kappa shape index (κ3) is 2.20. The zero-order chi connectivity index (χ0) is 10.7. The van der Waals surface area contributed by atoms with Crippen LogP contribution in [0.4, 0.5) is 0 Å². The lowest BCUT2D eigenvalue weighted by Gasteiger charge is -2.11. The molecular weight excluding hydrogens is 198 g/mol. The number of thioether (sulfide) groups is 1. The van der Waals surface area contributed by atoms with Gasteiger partial charge in [-0.1, -0.05) is 0 Å². The highest BCUT2D eigenvalue weighted by atomic mass is 32.2. The first kappa shape index (κ1) is 10.9. The molecule has 1 amide bonds. The van der Waals surface area contributed by atoms with Gasteiger partial charge in [0.1, 0.15) is 5.75 Å². The van der Waals surface area contributed by atoms with Crippen molar-refractivity contribution in [3.8, 4) is 5.75 Å². The standard InChI is InChI=1S/C10H13NO2S/c1-11(2)10(13)7-4-5-8(12)9(6-7)14-3/h4-6,12H,1-3H3. The number of hydrogen-bond acceptors (Lipinski definition) is 3. The van der Waals surface area contributed by atoms with Crippen LogP contribution in [-0.4, -0.2) is 36.3 Å². The maximum absolute atomic E-state index is 11.6. The van der Waals surface area contributed by atoms with Crippen LogP contribution in [0.1, 0.15) is 10.4 Å². The first-order valence-corrected chi connectivity index (χ1v) is 5.37. The average molecular weight is 211 g/mol. The SMILES string of the molecule is CSc1cc(C(=O)N(C)C)ccc1O. The molecule has 0 heterocycles. The van der Waals surface area contributed by atoms with Gasteiger partial charge in [-0.15, -0.1) is 11.8 Å². The van der Waals surface area contributed by atoms with Crippen molar-refractivity contribution in [2.75, 3.05) is 20.4 Å². The number of phenolic OH excluding ortho intramolecular Hbond substituents is 1.